The van der Waals surface area contributed by atoms with Crippen LogP contribution < -0.4 is 0 Å². The van der Waals surface area contributed by atoms with Gasteiger partial charge in [0.2, 0.25) is 0 Å². The van der Waals surface area contributed by atoms with Crippen LogP contribution in [0, 0.1) is 0 Å². The monoisotopic (exact) mass is 206 g/mol. The second kappa shape index (κ2) is 58.3. The minimum Gasteiger partial charge on any atom is -0.397 e. The zero-order valence-corrected chi connectivity index (χ0v) is 9.36. The summed E-state index contributed by atoms with van der Waals surface area (Å²) in [6, 6.07) is 0. The van der Waals surface area contributed by atoms with Crippen molar-refractivity contribution in [2.75, 3.05) is 6.61 Å². The van der Waals surface area contributed by atoms with Crippen molar-refractivity contribution in [3.63, 3.8) is 0 Å². The van der Waals surface area contributed by atoms with Gasteiger partial charge in [-0.1, -0.05) is 13.8 Å². The Kier molecular flexibility index (Phi) is 96.2. The zero-order valence-electron chi connectivity index (χ0n) is 9.36. The smallest absolute Gasteiger partial charge is 0.119 e. The molecule has 0 heterocycles. The second-order valence-corrected chi connectivity index (χ2v) is 1.85. The Morgan fingerprint density at radius 3 is 1.36 bits per heavy atom. The average Bonchev–Trinajstić information content (AvgIpc) is 2.24. The number of hydrogen-bond donors (Lipinski definition) is 1. The second-order valence-electron chi connectivity index (χ2n) is 1.85. The van der Waals surface area contributed by atoms with E-state index in [0.717, 1.165) is 19.0 Å². The number of aldehydes is 2. The SMILES string of the molecule is C=O.CCC=O.CCCC=O.CCO. The molecule has 0 saturated carbocycles. The van der Waals surface area contributed by atoms with Crippen molar-refractivity contribution in [3.8, 4) is 0 Å². The predicted molar refractivity (Wildman–Crippen MR) is 57.2 cm³/mol. The summed E-state index contributed by atoms with van der Waals surface area (Å²) in [7, 11) is 0. The third-order valence-corrected chi connectivity index (χ3v) is 0.573. The zero-order chi connectivity index (χ0) is 12.2. The molecule has 0 aliphatic heterocycles. The molecule has 0 atom stereocenters. The quantitative estimate of drug-likeness (QED) is 0.708. The van der Waals surface area contributed by atoms with Crippen LogP contribution in [0.3, 0.4) is 0 Å². The first-order valence-electron chi connectivity index (χ1n) is 4.51. The first-order chi connectivity index (χ1) is 6.74. The maximum absolute atomic E-state index is 9.40. The molecule has 86 valence electrons. The van der Waals surface area contributed by atoms with Crippen LogP contribution in [0.15, 0.2) is 0 Å². The number of rotatable bonds is 3. The lowest BCUT2D eigenvalue weighted by atomic mass is 10.4. The van der Waals surface area contributed by atoms with Crippen LogP contribution in [0.2, 0.25) is 0 Å². The minimum atomic E-state index is 0.250. The summed E-state index contributed by atoms with van der Waals surface area (Å²) < 4.78 is 0. The van der Waals surface area contributed by atoms with Crippen LogP contribution in [-0.4, -0.2) is 31.1 Å². The molecule has 4 heteroatoms. The Labute approximate surface area is 86.3 Å². The van der Waals surface area contributed by atoms with E-state index in [1.54, 1.807) is 6.92 Å². The Hall–Kier alpha value is -1.03. The average molecular weight is 206 g/mol. The summed E-state index contributed by atoms with van der Waals surface area (Å²) in [5.41, 5.74) is 0. The molecule has 0 fully saturated rings. The Morgan fingerprint density at radius 2 is 1.36 bits per heavy atom. The summed E-state index contributed by atoms with van der Waals surface area (Å²) in [5.74, 6) is 0. The molecule has 14 heavy (non-hydrogen) atoms. The minimum absolute atomic E-state index is 0.250. The van der Waals surface area contributed by atoms with Crippen molar-refractivity contribution in [1.82, 2.24) is 0 Å². The van der Waals surface area contributed by atoms with E-state index in [1.165, 1.54) is 0 Å². The molecule has 1 N–H and O–H groups in total. The number of carbonyl (C=O) groups is 3. The van der Waals surface area contributed by atoms with E-state index < -0.39 is 0 Å². The van der Waals surface area contributed by atoms with Crippen molar-refractivity contribution < 1.29 is 19.5 Å². The maximum Gasteiger partial charge on any atom is 0.119 e. The molecule has 0 aromatic rings. The number of aliphatic hydroxyl groups is 1. The molecular formula is C10H22O4. The number of carbonyl (C=O) groups excluding carboxylic acids is 3. The molecule has 0 rings (SSSR count). The van der Waals surface area contributed by atoms with Gasteiger partial charge in [0.25, 0.3) is 0 Å². The van der Waals surface area contributed by atoms with Crippen LogP contribution in [0.5, 0.6) is 0 Å². The molecule has 0 bridgehead atoms. The lowest BCUT2D eigenvalue weighted by Gasteiger charge is -1.68. The fraction of sp³-hybridized carbons (Fsp3) is 0.700. The third kappa shape index (κ3) is 281. The lowest BCUT2D eigenvalue weighted by Crippen LogP contribution is -1.64. The van der Waals surface area contributed by atoms with Gasteiger partial charge in [-0.05, 0) is 13.3 Å². The summed E-state index contributed by atoms with van der Waals surface area (Å²) in [5, 5.41) is 7.57. The van der Waals surface area contributed by atoms with Crippen molar-refractivity contribution >= 4 is 19.4 Å². The Bertz CT molecular complexity index is 84.2. The van der Waals surface area contributed by atoms with Crippen LogP contribution in [-0.2, 0) is 14.4 Å². The summed E-state index contributed by atoms with van der Waals surface area (Å²) >= 11 is 0. The van der Waals surface area contributed by atoms with Crippen LogP contribution >= 0.6 is 0 Å². The highest BCUT2D eigenvalue weighted by molar-refractivity contribution is 5.48. The molecule has 4 nitrogen and oxygen atoms in total. The van der Waals surface area contributed by atoms with E-state index >= 15 is 0 Å². The summed E-state index contributed by atoms with van der Waals surface area (Å²) in [6.45, 7) is 7.72. The number of aliphatic hydroxyl groups excluding tert-OH is 1. The highest BCUT2D eigenvalue weighted by Gasteiger charge is 1.66. The molecule has 0 aromatic heterocycles. The van der Waals surface area contributed by atoms with Crippen molar-refractivity contribution in [2.24, 2.45) is 0 Å². The first-order valence-corrected chi connectivity index (χ1v) is 4.51. The highest BCUT2D eigenvalue weighted by atomic mass is 16.2. The topological polar surface area (TPSA) is 71.4 Å². The van der Waals surface area contributed by atoms with Crippen LogP contribution in [0.4, 0.5) is 0 Å². The molecule has 0 aromatic carbocycles. The largest absolute Gasteiger partial charge is 0.397 e. The molecule has 0 aliphatic carbocycles. The molecule has 0 saturated heterocycles. The van der Waals surface area contributed by atoms with E-state index in [0.29, 0.717) is 12.8 Å². The number of hydrogen-bond acceptors (Lipinski definition) is 4. The maximum atomic E-state index is 9.40. The first kappa shape index (κ1) is 23.1. The van der Waals surface area contributed by atoms with E-state index in [-0.39, 0.29) is 6.61 Å². The van der Waals surface area contributed by atoms with Gasteiger partial charge in [0.05, 0.1) is 0 Å². The van der Waals surface area contributed by atoms with Crippen molar-refractivity contribution in [2.45, 2.75) is 40.0 Å². The van der Waals surface area contributed by atoms with E-state index in [1.807, 2.05) is 20.6 Å². The van der Waals surface area contributed by atoms with Gasteiger partial charge in [0.1, 0.15) is 19.4 Å². The summed E-state index contributed by atoms with van der Waals surface area (Å²) in [6.07, 6.45) is 4.13. The van der Waals surface area contributed by atoms with Gasteiger partial charge in [-0.25, -0.2) is 0 Å². The highest BCUT2D eigenvalue weighted by Crippen LogP contribution is 1.74. The molecule has 0 amide bonds. The molecule has 0 radical (unpaired) electrons. The molecule has 0 aliphatic rings. The fourth-order valence-electron chi connectivity index (χ4n) is 0.118. The van der Waals surface area contributed by atoms with Gasteiger partial charge >= 0.3 is 0 Å². The fourth-order valence-corrected chi connectivity index (χ4v) is 0.118. The molecule has 0 spiro atoms. The van der Waals surface area contributed by atoms with Crippen molar-refractivity contribution in [1.29, 1.82) is 0 Å². The Balaban J connectivity index is -0.0000000505. The number of unbranched alkanes of at least 4 members (excludes halogenated alkanes) is 1. The van der Waals surface area contributed by atoms with Crippen molar-refractivity contribution in [3.05, 3.63) is 0 Å². The molecular weight excluding hydrogens is 184 g/mol. The van der Waals surface area contributed by atoms with E-state index in [4.69, 9.17) is 9.90 Å². The normalized spacial score (nSPS) is 6.00. The van der Waals surface area contributed by atoms with Gasteiger partial charge < -0.3 is 19.5 Å². The lowest BCUT2D eigenvalue weighted by molar-refractivity contribution is -0.108. The summed E-state index contributed by atoms with van der Waals surface area (Å²) in [4.78, 5) is 26.6. The van der Waals surface area contributed by atoms with Gasteiger partial charge in [0, 0.05) is 19.4 Å². The van der Waals surface area contributed by atoms with Crippen LogP contribution in [0.1, 0.15) is 40.0 Å². The van der Waals surface area contributed by atoms with Gasteiger partial charge in [-0.3, -0.25) is 0 Å². The van der Waals surface area contributed by atoms with Gasteiger partial charge in [-0.15, -0.1) is 0 Å². The van der Waals surface area contributed by atoms with Crippen LogP contribution in [0.25, 0.3) is 0 Å². The Morgan fingerprint density at radius 1 is 1.07 bits per heavy atom. The molecule has 0 unspecified atom stereocenters. The van der Waals surface area contributed by atoms with Gasteiger partial charge in [0.15, 0.2) is 0 Å². The van der Waals surface area contributed by atoms with E-state index in [9.17, 15) is 9.59 Å². The van der Waals surface area contributed by atoms with Gasteiger partial charge in [-0.2, -0.15) is 0 Å². The third-order valence-electron chi connectivity index (χ3n) is 0.573. The predicted octanol–water partition coefficient (Wildman–Crippen LogP) is 1.39. The van der Waals surface area contributed by atoms with E-state index in [2.05, 4.69) is 0 Å². The standard InChI is InChI=1S/C4H8O.C3H6O.C2H6O.CH2O/c1-2-3-4-5;1-2-3-4;1-2-3;1-2/h4H,2-3H2,1H3;3H,2H2,1H3;3H,2H2,1H3;1H2.